The summed E-state index contributed by atoms with van der Waals surface area (Å²) in [6.07, 6.45) is 1.70. The van der Waals surface area contributed by atoms with Gasteiger partial charge in [-0.15, -0.1) is 0 Å². The fourth-order valence-electron chi connectivity index (χ4n) is 2.39. The number of carbonyl (C=O) groups is 3. The van der Waals surface area contributed by atoms with E-state index < -0.39 is 11.8 Å². The highest BCUT2D eigenvalue weighted by Gasteiger charge is 2.31. The molecule has 0 saturated carbocycles. The summed E-state index contributed by atoms with van der Waals surface area (Å²) >= 11 is 0. The first kappa shape index (κ1) is 11.5. The van der Waals surface area contributed by atoms with E-state index >= 15 is 0 Å². The first-order chi connectivity index (χ1) is 9.08. The van der Waals surface area contributed by atoms with Crippen LogP contribution in [0.1, 0.15) is 33.2 Å². The van der Waals surface area contributed by atoms with E-state index in [0.29, 0.717) is 16.6 Å². The third-order valence-corrected chi connectivity index (χ3v) is 3.12. The van der Waals surface area contributed by atoms with Gasteiger partial charge in [-0.25, -0.2) is 0 Å². The summed E-state index contributed by atoms with van der Waals surface area (Å²) in [6.45, 7) is 1.45. The number of pyridine rings is 1. The fourth-order valence-corrected chi connectivity index (χ4v) is 2.39. The van der Waals surface area contributed by atoms with Crippen LogP contribution in [0.5, 0.6) is 0 Å². The number of Topliss-reactive ketones (excluding diaryl/α,β-unsaturated/α-hetero) is 1. The smallest absolute Gasteiger partial charge is 0.259 e. The molecule has 1 aromatic carbocycles. The van der Waals surface area contributed by atoms with Crippen molar-refractivity contribution >= 4 is 28.5 Å². The number of imide groups is 1. The lowest BCUT2D eigenvalue weighted by atomic mass is 9.95. The van der Waals surface area contributed by atoms with Gasteiger partial charge < -0.3 is 0 Å². The average molecular weight is 254 g/mol. The molecule has 2 amide bonds. The SMILES string of the molecule is CC(=O)Cc1c2c(cc3cccnc13)C(=O)NC2=O. The number of ketones is 1. The van der Waals surface area contributed by atoms with Gasteiger partial charge in [0.05, 0.1) is 16.6 Å². The molecular weight excluding hydrogens is 244 g/mol. The Bertz CT molecular complexity index is 750. The number of hydrogen-bond donors (Lipinski definition) is 1. The number of nitrogens with one attached hydrogen (secondary N) is 1. The maximum Gasteiger partial charge on any atom is 0.259 e. The average Bonchev–Trinajstić information content (AvgIpc) is 2.64. The summed E-state index contributed by atoms with van der Waals surface area (Å²) in [4.78, 5) is 39.2. The van der Waals surface area contributed by atoms with Crippen LogP contribution in [0.2, 0.25) is 0 Å². The van der Waals surface area contributed by atoms with Crippen molar-refractivity contribution in [2.45, 2.75) is 13.3 Å². The molecule has 2 heterocycles. The first-order valence-corrected chi connectivity index (χ1v) is 5.83. The van der Waals surface area contributed by atoms with E-state index in [4.69, 9.17) is 0 Å². The third kappa shape index (κ3) is 1.71. The van der Waals surface area contributed by atoms with Crippen molar-refractivity contribution in [3.63, 3.8) is 0 Å². The third-order valence-electron chi connectivity index (χ3n) is 3.12. The number of hydrogen-bond acceptors (Lipinski definition) is 4. The Morgan fingerprint density at radius 3 is 2.84 bits per heavy atom. The van der Waals surface area contributed by atoms with Crippen molar-refractivity contribution < 1.29 is 14.4 Å². The van der Waals surface area contributed by atoms with Gasteiger partial charge in [-0.1, -0.05) is 6.07 Å². The Balaban J connectivity index is 2.41. The molecule has 0 radical (unpaired) electrons. The van der Waals surface area contributed by atoms with Gasteiger partial charge in [0.2, 0.25) is 0 Å². The van der Waals surface area contributed by atoms with Gasteiger partial charge in [-0.2, -0.15) is 0 Å². The number of carbonyl (C=O) groups excluding carboxylic acids is 3. The highest BCUT2D eigenvalue weighted by Crippen LogP contribution is 2.28. The van der Waals surface area contributed by atoms with Gasteiger partial charge in [-0.05, 0) is 24.6 Å². The summed E-state index contributed by atoms with van der Waals surface area (Å²) in [7, 11) is 0. The normalized spacial score (nSPS) is 13.5. The summed E-state index contributed by atoms with van der Waals surface area (Å²) in [5.41, 5.74) is 1.73. The molecule has 0 spiro atoms. The number of fused-ring (bicyclic) bond motifs is 2. The van der Waals surface area contributed by atoms with E-state index in [9.17, 15) is 14.4 Å². The van der Waals surface area contributed by atoms with Crippen LogP contribution < -0.4 is 5.32 Å². The van der Waals surface area contributed by atoms with Crippen LogP contribution in [0, 0.1) is 0 Å². The highest BCUT2D eigenvalue weighted by molar-refractivity contribution is 6.24. The molecule has 5 heteroatoms. The van der Waals surface area contributed by atoms with Crippen LogP contribution in [-0.4, -0.2) is 22.6 Å². The molecule has 94 valence electrons. The number of aromatic nitrogens is 1. The van der Waals surface area contributed by atoms with E-state index in [1.54, 1.807) is 18.3 Å². The van der Waals surface area contributed by atoms with Crippen LogP contribution >= 0.6 is 0 Å². The minimum absolute atomic E-state index is 0.0764. The topological polar surface area (TPSA) is 76.1 Å². The molecule has 1 aliphatic rings. The van der Waals surface area contributed by atoms with E-state index in [1.807, 2.05) is 6.07 Å². The van der Waals surface area contributed by atoms with Crippen LogP contribution in [0.15, 0.2) is 24.4 Å². The molecule has 0 unspecified atom stereocenters. The Kier molecular flexibility index (Phi) is 2.41. The van der Waals surface area contributed by atoms with Crippen molar-refractivity contribution in [3.8, 4) is 0 Å². The van der Waals surface area contributed by atoms with E-state index in [2.05, 4.69) is 10.3 Å². The van der Waals surface area contributed by atoms with Gasteiger partial charge in [0.1, 0.15) is 5.78 Å². The van der Waals surface area contributed by atoms with Crippen molar-refractivity contribution in [1.82, 2.24) is 10.3 Å². The fraction of sp³-hybridized carbons (Fsp3) is 0.143. The molecule has 1 aromatic heterocycles. The number of nitrogens with zero attached hydrogens (tertiary/aromatic N) is 1. The van der Waals surface area contributed by atoms with Gasteiger partial charge in [-0.3, -0.25) is 24.7 Å². The number of rotatable bonds is 2. The lowest BCUT2D eigenvalue weighted by Gasteiger charge is -2.08. The molecule has 5 nitrogen and oxygen atoms in total. The van der Waals surface area contributed by atoms with Crippen molar-refractivity contribution in [2.24, 2.45) is 0 Å². The number of benzene rings is 1. The monoisotopic (exact) mass is 254 g/mol. The second kappa shape index (κ2) is 3.98. The summed E-state index contributed by atoms with van der Waals surface area (Å²) in [5, 5.41) is 3.01. The molecular formula is C14H10N2O3. The molecule has 1 N–H and O–H groups in total. The minimum Gasteiger partial charge on any atom is -0.300 e. The van der Waals surface area contributed by atoms with Crippen LogP contribution in [0.25, 0.3) is 10.9 Å². The second-order valence-electron chi connectivity index (χ2n) is 4.51. The van der Waals surface area contributed by atoms with Gasteiger partial charge in [0.25, 0.3) is 11.8 Å². The Morgan fingerprint density at radius 1 is 1.32 bits per heavy atom. The van der Waals surface area contributed by atoms with E-state index in [0.717, 1.165) is 5.39 Å². The predicted molar refractivity (Wildman–Crippen MR) is 67.9 cm³/mol. The summed E-state index contributed by atoms with van der Waals surface area (Å²) in [6, 6.07) is 5.20. The molecule has 1 aliphatic heterocycles. The molecule has 19 heavy (non-hydrogen) atoms. The molecule has 0 atom stereocenters. The Morgan fingerprint density at radius 2 is 2.11 bits per heavy atom. The molecule has 0 saturated heterocycles. The largest absolute Gasteiger partial charge is 0.300 e. The minimum atomic E-state index is -0.455. The molecule has 2 aromatic rings. The number of amides is 2. The van der Waals surface area contributed by atoms with Crippen LogP contribution in [0.4, 0.5) is 0 Å². The molecule has 3 rings (SSSR count). The van der Waals surface area contributed by atoms with Crippen LogP contribution in [-0.2, 0) is 11.2 Å². The molecule has 0 fully saturated rings. The lowest BCUT2D eigenvalue weighted by molar-refractivity contribution is -0.116. The zero-order chi connectivity index (χ0) is 13.6. The van der Waals surface area contributed by atoms with Crippen molar-refractivity contribution in [3.05, 3.63) is 41.1 Å². The van der Waals surface area contributed by atoms with Gasteiger partial charge >= 0.3 is 0 Å². The molecule has 0 aliphatic carbocycles. The van der Waals surface area contributed by atoms with E-state index in [1.165, 1.54) is 6.92 Å². The predicted octanol–water partition coefficient (Wildman–Crippen LogP) is 1.25. The zero-order valence-electron chi connectivity index (χ0n) is 10.2. The van der Waals surface area contributed by atoms with E-state index in [-0.39, 0.29) is 17.8 Å². The Hall–Kier alpha value is -2.56. The summed E-state index contributed by atoms with van der Waals surface area (Å²) < 4.78 is 0. The molecule has 0 bridgehead atoms. The van der Waals surface area contributed by atoms with Gasteiger partial charge in [0, 0.05) is 18.0 Å². The second-order valence-corrected chi connectivity index (χ2v) is 4.51. The maximum atomic E-state index is 11.9. The summed E-state index contributed by atoms with van der Waals surface area (Å²) in [5.74, 6) is -0.952. The van der Waals surface area contributed by atoms with Gasteiger partial charge in [0.15, 0.2) is 0 Å². The van der Waals surface area contributed by atoms with Crippen molar-refractivity contribution in [1.29, 1.82) is 0 Å². The maximum absolute atomic E-state index is 11.9. The Labute approximate surface area is 108 Å². The van der Waals surface area contributed by atoms with Crippen LogP contribution in [0.3, 0.4) is 0 Å². The lowest BCUT2D eigenvalue weighted by Crippen LogP contribution is -2.20. The standard InChI is InChI=1S/C14H10N2O3/c1-7(17)5-9-11-10(13(18)16-14(11)19)6-8-3-2-4-15-12(8)9/h2-4,6H,5H2,1H3,(H,16,18,19). The first-order valence-electron chi connectivity index (χ1n) is 5.83. The highest BCUT2D eigenvalue weighted by atomic mass is 16.2. The quantitative estimate of drug-likeness (QED) is 0.818. The van der Waals surface area contributed by atoms with Crippen molar-refractivity contribution in [2.75, 3.05) is 0 Å². The zero-order valence-corrected chi connectivity index (χ0v) is 10.2.